The van der Waals surface area contributed by atoms with E-state index in [0.29, 0.717) is 24.4 Å². The third kappa shape index (κ3) is 4.11. The fraction of sp³-hybridized carbons (Fsp3) is 0.261. The van der Waals surface area contributed by atoms with Gasteiger partial charge in [-0.3, -0.25) is 4.99 Å². The lowest BCUT2D eigenvalue weighted by atomic mass is 9.86. The molecule has 1 aliphatic heterocycles. The lowest BCUT2D eigenvalue weighted by molar-refractivity contribution is 0.418. The van der Waals surface area contributed by atoms with Gasteiger partial charge in [0.15, 0.2) is 5.96 Å². The van der Waals surface area contributed by atoms with Crippen molar-refractivity contribution < 1.29 is 4.39 Å². The van der Waals surface area contributed by atoms with Crippen LogP contribution in [0, 0.1) is 11.7 Å². The van der Waals surface area contributed by atoms with Gasteiger partial charge in [0.05, 0.1) is 12.1 Å². The molecule has 4 heteroatoms. The number of rotatable bonds is 5. The van der Waals surface area contributed by atoms with Gasteiger partial charge in [0.25, 0.3) is 0 Å². The summed E-state index contributed by atoms with van der Waals surface area (Å²) in [5.41, 5.74) is 1.95. The first-order valence-corrected chi connectivity index (χ1v) is 9.50. The monoisotopic (exact) mass is 361 g/mol. The van der Waals surface area contributed by atoms with E-state index >= 15 is 0 Å². The quantitative estimate of drug-likeness (QED) is 0.839. The summed E-state index contributed by atoms with van der Waals surface area (Å²) >= 11 is 0. The van der Waals surface area contributed by atoms with Gasteiger partial charge < -0.3 is 10.6 Å². The van der Waals surface area contributed by atoms with Crippen molar-refractivity contribution in [2.45, 2.75) is 24.9 Å². The molecule has 2 aromatic rings. The molecule has 2 N–H and O–H groups in total. The van der Waals surface area contributed by atoms with Crippen LogP contribution >= 0.6 is 0 Å². The third-order valence-corrected chi connectivity index (χ3v) is 5.20. The minimum Gasteiger partial charge on any atom is -0.351 e. The Labute approximate surface area is 159 Å². The normalized spacial score (nSPS) is 25.4. The molecule has 138 valence electrons. The topological polar surface area (TPSA) is 36.4 Å². The van der Waals surface area contributed by atoms with E-state index in [1.165, 1.54) is 11.6 Å². The summed E-state index contributed by atoms with van der Waals surface area (Å²) in [4.78, 5) is 4.67. The highest BCUT2D eigenvalue weighted by Crippen LogP contribution is 2.29. The zero-order chi connectivity index (χ0) is 18.5. The predicted molar refractivity (Wildman–Crippen MR) is 108 cm³/mol. The van der Waals surface area contributed by atoms with Crippen molar-refractivity contribution in [1.29, 1.82) is 0 Å². The van der Waals surface area contributed by atoms with Crippen molar-refractivity contribution in [3.05, 3.63) is 95.8 Å². The van der Waals surface area contributed by atoms with Crippen LogP contribution in [0.2, 0.25) is 0 Å². The maximum absolute atomic E-state index is 13.8. The number of allylic oxidation sites excluding steroid dienone is 3. The Morgan fingerprint density at radius 3 is 2.56 bits per heavy atom. The first-order chi connectivity index (χ1) is 13.3. The van der Waals surface area contributed by atoms with E-state index in [-0.39, 0.29) is 17.9 Å². The highest BCUT2D eigenvalue weighted by molar-refractivity contribution is 5.83. The van der Waals surface area contributed by atoms with Crippen LogP contribution in [0.4, 0.5) is 4.39 Å². The van der Waals surface area contributed by atoms with E-state index in [1.54, 1.807) is 6.07 Å². The van der Waals surface area contributed by atoms with Gasteiger partial charge >= 0.3 is 0 Å². The van der Waals surface area contributed by atoms with Gasteiger partial charge in [-0.2, -0.15) is 0 Å². The summed E-state index contributed by atoms with van der Waals surface area (Å²) in [7, 11) is 0. The molecular formula is C23H24FN3. The maximum Gasteiger partial charge on any atom is 0.192 e. The molecule has 3 nitrogen and oxygen atoms in total. The van der Waals surface area contributed by atoms with Crippen molar-refractivity contribution >= 4 is 5.96 Å². The lowest BCUT2D eigenvalue weighted by Crippen LogP contribution is -2.35. The molecule has 0 aromatic heterocycles. The van der Waals surface area contributed by atoms with Gasteiger partial charge in [0, 0.05) is 12.5 Å². The van der Waals surface area contributed by atoms with E-state index in [0.717, 1.165) is 12.4 Å². The fourth-order valence-corrected chi connectivity index (χ4v) is 3.77. The SMILES string of the molecule is Fc1ccccc1CCN=C1N[C@H](c2ccccc2)[C@H](C2C=CC=CC2)N1. The zero-order valence-corrected chi connectivity index (χ0v) is 15.2. The second kappa shape index (κ2) is 8.21. The predicted octanol–water partition coefficient (Wildman–Crippen LogP) is 4.16. The van der Waals surface area contributed by atoms with E-state index in [1.807, 2.05) is 18.2 Å². The second-order valence-electron chi connectivity index (χ2n) is 6.99. The highest BCUT2D eigenvalue weighted by atomic mass is 19.1. The average molecular weight is 361 g/mol. The van der Waals surface area contributed by atoms with Gasteiger partial charge in [0.2, 0.25) is 0 Å². The van der Waals surface area contributed by atoms with Crippen LogP contribution in [0.5, 0.6) is 0 Å². The first-order valence-electron chi connectivity index (χ1n) is 9.50. The zero-order valence-electron chi connectivity index (χ0n) is 15.2. The first kappa shape index (κ1) is 17.5. The molecule has 3 atom stereocenters. The number of nitrogens with zero attached hydrogens (tertiary/aromatic N) is 1. The van der Waals surface area contributed by atoms with Gasteiger partial charge in [-0.1, -0.05) is 72.8 Å². The van der Waals surface area contributed by atoms with Gasteiger partial charge in [-0.25, -0.2) is 4.39 Å². The minimum absolute atomic E-state index is 0.163. The molecule has 0 spiro atoms. The molecule has 2 aromatic carbocycles. The van der Waals surface area contributed by atoms with E-state index in [2.05, 4.69) is 64.2 Å². The minimum atomic E-state index is -0.163. The summed E-state index contributed by atoms with van der Waals surface area (Å²) in [5, 5.41) is 7.11. The molecule has 1 saturated heterocycles. The van der Waals surface area contributed by atoms with Gasteiger partial charge in [-0.15, -0.1) is 0 Å². The Kier molecular flexibility index (Phi) is 5.33. The number of nitrogens with one attached hydrogen (secondary N) is 2. The standard InChI is InChI=1S/C23H24FN3/c24-20-14-8-7-9-17(20)15-16-25-23-26-21(18-10-3-1-4-11-18)22(27-23)19-12-5-2-6-13-19/h1-12,14,19,21-22H,13,15-16H2,(H2,25,26,27)/t19?,21-,22+/m1/s1. The Bertz CT molecular complexity index is 857. The fourth-order valence-electron chi connectivity index (χ4n) is 3.77. The Morgan fingerprint density at radius 2 is 1.78 bits per heavy atom. The number of hydrogen-bond donors (Lipinski definition) is 2. The molecule has 1 unspecified atom stereocenters. The molecule has 0 radical (unpaired) electrons. The molecule has 4 rings (SSSR count). The molecule has 0 saturated carbocycles. The van der Waals surface area contributed by atoms with Gasteiger partial charge in [-0.05, 0) is 30.0 Å². The maximum atomic E-state index is 13.8. The summed E-state index contributed by atoms with van der Waals surface area (Å²) in [6.07, 6.45) is 10.3. The summed E-state index contributed by atoms with van der Waals surface area (Å²) in [5.74, 6) is 1.05. The number of guanidine groups is 1. The number of aliphatic imine (C=N–C) groups is 1. The number of benzene rings is 2. The van der Waals surface area contributed by atoms with Crippen molar-refractivity contribution in [3.8, 4) is 0 Å². The van der Waals surface area contributed by atoms with Crippen molar-refractivity contribution in [1.82, 2.24) is 10.6 Å². The summed E-state index contributed by atoms with van der Waals surface area (Å²) in [6.45, 7) is 0.547. The van der Waals surface area contributed by atoms with Crippen LogP contribution in [-0.2, 0) is 6.42 Å². The average Bonchev–Trinajstić information content (AvgIpc) is 3.15. The van der Waals surface area contributed by atoms with Gasteiger partial charge in [0.1, 0.15) is 5.82 Å². The van der Waals surface area contributed by atoms with Crippen LogP contribution in [0.25, 0.3) is 0 Å². The molecule has 0 bridgehead atoms. The Hall–Kier alpha value is -2.88. The number of hydrogen-bond acceptors (Lipinski definition) is 1. The van der Waals surface area contributed by atoms with Crippen LogP contribution in [0.15, 0.2) is 83.9 Å². The van der Waals surface area contributed by atoms with Crippen LogP contribution in [0.3, 0.4) is 0 Å². The smallest absolute Gasteiger partial charge is 0.192 e. The van der Waals surface area contributed by atoms with Crippen LogP contribution < -0.4 is 10.6 Å². The Balaban J connectivity index is 1.49. The van der Waals surface area contributed by atoms with Crippen LogP contribution in [-0.4, -0.2) is 18.5 Å². The Morgan fingerprint density at radius 1 is 0.963 bits per heavy atom. The largest absolute Gasteiger partial charge is 0.351 e. The van der Waals surface area contributed by atoms with Crippen molar-refractivity contribution in [2.24, 2.45) is 10.9 Å². The van der Waals surface area contributed by atoms with E-state index in [4.69, 9.17) is 0 Å². The molecule has 1 fully saturated rings. The lowest BCUT2D eigenvalue weighted by Gasteiger charge is -2.26. The second-order valence-corrected chi connectivity index (χ2v) is 6.99. The number of halogens is 1. The van der Waals surface area contributed by atoms with Crippen LogP contribution in [0.1, 0.15) is 23.6 Å². The highest BCUT2D eigenvalue weighted by Gasteiger charge is 2.35. The summed E-state index contributed by atoms with van der Waals surface area (Å²) in [6, 6.07) is 17.8. The molecule has 27 heavy (non-hydrogen) atoms. The third-order valence-electron chi connectivity index (χ3n) is 5.20. The molecule has 1 heterocycles. The molecular weight excluding hydrogens is 337 g/mol. The van der Waals surface area contributed by atoms with E-state index < -0.39 is 0 Å². The molecule has 0 amide bonds. The van der Waals surface area contributed by atoms with Crippen molar-refractivity contribution in [3.63, 3.8) is 0 Å². The molecule has 1 aliphatic carbocycles. The molecule has 2 aliphatic rings. The van der Waals surface area contributed by atoms with Crippen molar-refractivity contribution in [2.75, 3.05) is 6.54 Å². The summed E-state index contributed by atoms with van der Waals surface area (Å²) < 4.78 is 13.8. The van der Waals surface area contributed by atoms with E-state index in [9.17, 15) is 4.39 Å².